The van der Waals surface area contributed by atoms with Crippen LogP contribution >= 0.6 is 0 Å². The molecule has 1 aromatic heterocycles. The Morgan fingerprint density at radius 2 is 1.44 bits per heavy atom. The lowest BCUT2D eigenvalue weighted by Crippen LogP contribution is -2.30. The fourth-order valence-electron chi connectivity index (χ4n) is 2.97. The van der Waals surface area contributed by atoms with Crippen molar-refractivity contribution < 1.29 is 33.5 Å². The Hall–Kier alpha value is -5.27. The fourth-order valence-corrected chi connectivity index (χ4v) is 2.97. The van der Waals surface area contributed by atoms with Gasteiger partial charge in [0.15, 0.2) is 0 Å². The van der Waals surface area contributed by atoms with Crippen molar-refractivity contribution in [3.05, 3.63) is 75.6 Å². The lowest BCUT2D eigenvalue weighted by atomic mass is 10.1. The van der Waals surface area contributed by atoms with Gasteiger partial charge in [0.25, 0.3) is 5.91 Å². The summed E-state index contributed by atoms with van der Waals surface area (Å²) < 4.78 is 14.4. The van der Waals surface area contributed by atoms with E-state index < -0.39 is 28.5 Å². The minimum Gasteiger partial charge on any atom is -0.497 e. The molecule has 3 rings (SSSR count). The van der Waals surface area contributed by atoms with Crippen molar-refractivity contribution in [3.8, 4) is 5.75 Å². The molecule has 0 aliphatic heterocycles. The largest absolute Gasteiger partial charge is 0.497 e. The highest BCUT2D eigenvalue weighted by molar-refractivity contribution is 5.97. The van der Waals surface area contributed by atoms with Gasteiger partial charge in [0.05, 0.1) is 37.4 Å². The lowest BCUT2D eigenvalue weighted by molar-refractivity contribution is -0.383. The van der Waals surface area contributed by atoms with Crippen molar-refractivity contribution >= 4 is 40.9 Å². The van der Waals surface area contributed by atoms with Crippen LogP contribution in [-0.4, -0.2) is 54.1 Å². The number of carbonyl (C=O) groups is 3. The van der Waals surface area contributed by atoms with Gasteiger partial charge in [-0.3, -0.25) is 25.8 Å². The number of esters is 2. The maximum Gasteiger partial charge on any atom is 0.355 e. The molecule has 0 atom stereocenters. The van der Waals surface area contributed by atoms with Crippen LogP contribution in [0.3, 0.4) is 0 Å². The Morgan fingerprint density at radius 1 is 0.861 bits per heavy atom. The third-order valence-electron chi connectivity index (χ3n) is 4.69. The Labute approximate surface area is 203 Å². The number of hydrogen-bond donors (Lipinski definition) is 3. The van der Waals surface area contributed by atoms with E-state index in [1.807, 2.05) is 0 Å². The number of anilines is 3. The van der Waals surface area contributed by atoms with Gasteiger partial charge in [-0.05, 0) is 42.5 Å². The average Bonchev–Trinajstić information content (AvgIpc) is 2.90. The first-order valence-corrected chi connectivity index (χ1v) is 10.1. The topological polar surface area (TPSA) is 184 Å². The third-order valence-corrected chi connectivity index (χ3v) is 4.69. The van der Waals surface area contributed by atoms with Crippen LogP contribution in [0.4, 0.5) is 23.0 Å². The number of benzene rings is 2. The number of methoxy groups -OCH3 is 3. The number of ether oxygens (including phenoxy) is 3. The van der Waals surface area contributed by atoms with E-state index in [1.54, 1.807) is 12.1 Å². The Kier molecular flexibility index (Phi) is 7.91. The van der Waals surface area contributed by atoms with Crippen molar-refractivity contribution in [2.45, 2.75) is 0 Å². The zero-order chi connectivity index (χ0) is 26.2. The standard InChI is InChI=1S/C22H20N6O8/c1-34-16-6-4-12(5-7-16)20(29)27-26-19-17(28(32)33)18(23-11-24-19)25-15-9-13(21(30)35-2)8-14(10-15)22(31)36-3/h4-11H,1-3H3,(H,27,29)(H2,23,24,25,26). The highest BCUT2D eigenvalue weighted by Gasteiger charge is 2.24. The Balaban J connectivity index is 1.90. The van der Waals surface area contributed by atoms with E-state index in [2.05, 4.69) is 35.6 Å². The van der Waals surface area contributed by atoms with Gasteiger partial charge in [-0.25, -0.2) is 19.6 Å². The molecular weight excluding hydrogens is 476 g/mol. The van der Waals surface area contributed by atoms with Crippen molar-refractivity contribution in [3.63, 3.8) is 0 Å². The Morgan fingerprint density at radius 3 is 1.97 bits per heavy atom. The predicted molar refractivity (Wildman–Crippen MR) is 125 cm³/mol. The summed E-state index contributed by atoms with van der Waals surface area (Å²) in [5, 5.41) is 14.5. The molecule has 0 bridgehead atoms. The van der Waals surface area contributed by atoms with Gasteiger partial charge in [-0.15, -0.1) is 0 Å². The fraction of sp³-hybridized carbons (Fsp3) is 0.136. The van der Waals surface area contributed by atoms with Crippen LogP contribution in [0.2, 0.25) is 0 Å². The zero-order valence-electron chi connectivity index (χ0n) is 19.2. The van der Waals surface area contributed by atoms with Gasteiger partial charge in [0.2, 0.25) is 11.6 Å². The molecule has 0 spiro atoms. The second kappa shape index (κ2) is 11.2. The van der Waals surface area contributed by atoms with Crippen molar-refractivity contribution in [1.82, 2.24) is 15.4 Å². The minimum absolute atomic E-state index is 0.00953. The summed E-state index contributed by atoms with van der Waals surface area (Å²) in [6, 6.07) is 10.0. The number of carbonyl (C=O) groups excluding carboxylic acids is 3. The number of rotatable bonds is 9. The molecule has 186 valence electrons. The quantitative estimate of drug-likeness (QED) is 0.224. The summed E-state index contributed by atoms with van der Waals surface area (Å²) in [5.41, 5.74) is 4.47. The summed E-state index contributed by atoms with van der Waals surface area (Å²) in [4.78, 5) is 55.2. The third kappa shape index (κ3) is 5.80. The SMILES string of the molecule is COC(=O)c1cc(Nc2ncnc(NNC(=O)c3ccc(OC)cc3)c2[N+](=O)[O-])cc(C(=O)OC)c1. The molecule has 3 N–H and O–H groups in total. The number of hydrazine groups is 1. The maximum absolute atomic E-state index is 12.4. The number of nitro groups is 1. The first kappa shape index (κ1) is 25.4. The number of amides is 1. The van der Waals surface area contributed by atoms with Gasteiger partial charge >= 0.3 is 17.6 Å². The van der Waals surface area contributed by atoms with Crippen LogP contribution in [0.1, 0.15) is 31.1 Å². The summed E-state index contributed by atoms with van der Waals surface area (Å²) in [6.45, 7) is 0. The normalized spacial score (nSPS) is 10.1. The lowest BCUT2D eigenvalue weighted by Gasteiger charge is -2.12. The monoisotopic (exact) mass is 496 g/mol. The van der Waals surface area contributed by atoms with Crippen molar-refractivity contribution in [1.29, 1.82) is 0 Å². The molecule has 2 aromatic carbocycles. The molecule has 0 unspecified atom stereocenters. The average molecular weight is 496 g/mol. The molecule has 1 amide bonds. The molecule has 0 saturated heterocycles. The van der Waals surface area contributed by atoms with Crippen molar-refractivity contribution in [2.24, 2.45) is 0 Å². The van der Waals surface area contributed by atoms with Crippen molar-refractivity contribution in [2.75, 3.05) is 32.1 Å². The minimum atomic E-state index is -0.768. The maximum atomic E-state index is 12.4. The molecule has 3 aromatic rings. The smallest absolute Gasteiger partial charge is 0.355 e. The van der Waals surface area contributed by atoms with Crippen LogP contribution in [-0.2, 0) is 9.47 Å². The molecule has 0 fully saturated rings. The second-order valence-electron chi connectivity index (χ2n) is 6.89. The highest BCUT2D eigenvalue weighted by atomic mass is 16.6. The van der Waals surface area contributed by atoms with Gasteiger partial charge in [-0.1, -0.05) is 0 Å². The summed E-state index contributed by atoms with van der Waals surface area (Å²) in [7, 11) is 3.81. The van der Waals surface area contributed by atoms with E-state index in [0.717, 1.165) is 20.5 Å². The van der Waals surface area contributed by atoms with E-state index in [0.29, 0.717) is 5.75 Å². The molecule has 14 heteroatoms. The molecule has 0 aliphatic carbocycles. The Bertz CT molecular complexity index is 1280. The molecular formula is C22H20N6O8. The number of hydrogen-bond acceptors (Lipinski definition) is 12. The molecule has 1 heterocycles. The number of nitrogens with one attached hydrogen (secondary N) is 3. The highest BCUT2D eigenvalue weighted by Crippen LogP contribution is 2.31. The zero-order valence-corrected chi connectivity index (χ0v) is 19.2. The van der Waals surface area contributed by atoms with E-state index in [9.17, 15) is 24.5 Å². The van der Waals surface area contributed by atoms with Crippen LogP contribution in [0.15, 0.2) is 48.8 Å². The first-order chi connectivity index (χ1) is 17.3. The van der Waals surface area contributed by atoms with Crippen LogP contribution < -0.4 is 20.9 Å². The molecule has 0 aliphatic rings. The van der Waals surface area contributed by atoms with E-state index in [4.69, 9.17) is 4.74 Å². The van der Waals surface area contributed by atoms with Crippen LogP contribution in [0, 0.1) is 10.1 Å². The second-order valence-corrected chi connectivity index (χ2v) is 6.89. The van der Waals surface area contributed by atoms with Crippen LogP contribution in [0.25, 0.3) is 0 Å². The van der Waals surface area contributed by atoms with Gasteiger partial charge < -0.3 is 19.5 Å². The van der Waals surface area contributed by atoms with Gasteiger partial charge in [0.1, 0.15) is 12.1 Å². The summed E-state index contributed by atoms with van der Waals surface area (Å²) in [5.74, 6) is -2.14. The predicted octanol–water partition coefficient (Wildman–Crippen LogP) is 2.47. The first-order valence-electron chi connectivity index (χ1n) is 10.1. The van der Waals surface area contributed by atoms with Gasteiger partial charge in [0, 0.05) is 11.3 Å². The van der Waals surface area contributed by atoms with Gasteiger partial charge in [-0.2, -0.15) is 0 Å². The molecule has 36 heavy (non-hydrogen) atoms. The van der Waals surface area contributed by atoms with E-state index in [-0.39, 0.29) is 34.0 Å². The number of nitrogens with zero attached hydrogens (tertiary/aromatic N) is 3. The molecule has 14 nitrogen and oxygen atoms in total. The van der Waals surface area contributed by atoms with E-state index >= 15 is 0 Å². The molecule has 0 saturated carbocycles. The van der Waals surface area contributed by atoms with E-state index in [1.165, 1.54) is 37.4 Å². The molecule has 0 radical (unpaired) electrons. The summed E-state index contributed by atoms with van der Waals surface area (Å²) >= 11 is 0. The van der Waals surface area contributed by atoms with Crippen LogP contribution in [0.5, 0.6) is 5.75 Å². The number of aromatic nitrogens is 2. The summed E-state index contributed by atoms with van der Waals surface area (Å²) in [6.07, 6.45) is 1.02.